The molecule has 0 fully saturated rings. The smallest absolute Gasteiger partial charge is 0.340 e. The third kappa shape index (κ3) is 4.77. The molecule has 2 aromatic carbocycles. The van der Waals surface area contributed by atoms with Crippen molar-refractivity contribution in [3.05, 3.63) is 58.0 Å². The second-order valence-corrected chi connectivity index (χ2v) is 12.2. The predicted octanol–water partition coefficient (Wildman–Crippen LogP) is 4.03. The van der Waals surface area contributed by atoms with Gasteiger partial charge in [0.25, 0.3) is 10.0 Å². The number of nitrogens with zero attached hydrogens (tertiary/aromatic N) is 1. The normalized spacial score (nSPS) is 14.9. The van der Waals surface area contributed by atoms with Crippen LogP contribution in [0.3, 0.4) is 0 Å². The summed E-state index contributed by atoms with van der Waals surface area (Å²) in [5.74, 6) is -0.402. The number of rotatable bonds is 5. The maximum absolute atomic E-state index is 13.1. The van der Waals surface area contributed by atoms with Crippen LogP contribution >= 0.6 is 11.3 Å². The van der Waals surface area contributed by atoms with E-state index in [4.69, 9.17) is 4.74 Å². The number of sulfonamides is 1. The molecule has 0 amide bonds. The quantitative estimate of drug-likeness (QED) is 0.527. The minimum atomic E-state index is -3.90. The Labute approximate surface area is 198 Å². The van der Waals surface area contributed by atoms with E-state index in [2.05, 4.69) is 9.62 Å². The van der Waals surface area contributed by atoms with Gasteiger partial charge in [0, 0.05) is 35.6 Å². The zero-order chi connectivity index (χ0) is 24.0. The van der Waals surface area contributed by atoms with E-state index in [0.717, 1.165) is 38.1 Å². The molecule has 2 heterocycles. The Morgan fingerprint density at radius 1 is 1.21 bits per heavy atom. The highest BCUT2D eigenvalue weighted by Crippen LogP contribution is 2.38. The van der Waals surface area contributed by atoms with Gasteiger partial charge in [-0.1, -0.05) is 30.3 Å². The molecular weight excluding hydrogens is 460 g/mol. The number of fused-ring (bicyclic) bond motifs is 2. The zero-order valence-electron chi connectivity index (χ0n) is 19.1. The number of esters is 1. The number of hydrogen-bond acceptors (Lipinski definition) is 7. The fourth-order valence-electron chi connectivity index (χ4n) is 4.23. The molecule has 9 heteroatoms. The van der Waals surface area contributed by atoms with Crippen LogP contribution in [0.1, 0.15) is 47.1 Å². The van der Waals surface area contributed by atoms with E-state index >= 15 is 0 Å². The van der Waals surface area contributed by atoms with Crippen LogP contribution in [0.5, 0.6) is 5.75 Å². The Kier molecular flexibility index (Phi) is 6.26. The lowest BCUT2D eigenvalue weighted by Crippen LogP contribution is -2.40. The monoisotopic (exact) mass is 488 g/mol. The minimum absolute atomic E-state index is 0.00383. The molecule has 7 nitrogen and oxygen atoms in total. The summed E-state index contributed by atoms with van der Waals surface area (Å²) in [5.41, 5.74) is 1.03. The van der Waals surface area contributed by atoms with Crippen molar-refractivity contribution >= 4 is 38.1 Å². The summed E-state index contributed by atoms with van der Waals surface area (Å²) < 4.78 is 33.8. The molecule has 0 saturated heterocycles. The number of carbonyl (C=O) groups excluding carboxylic acids is 1. The van der Waals surface area contributed by atoms with Crippen LogP contribution in [0.4, 0.5) is 0 Å². The average Bonchev–Trinajstić information content (AvgIpc) is 3.13. The van der Waals surface area contributed by atoms with Gasteiger partial charge in [-0.3, -0.25) is 4.90 Å². The zero-order valence-corrected chi connectivity index (χ0v) is 20.8. The molecule has 0 radical (unpaired) electrons. The summed E-state index contributed by atoms with van der Waals surface area (Å²) in [5, 5.41) is 12.6. The summed E-state index contributed by atoms with van der Waals surface area (Å²) in [6, 6.07) is 11.5. The number of benzene rings is 2. The van der Waals surface area contributed by atoms with Crippen molar-refractivity contribution in [3.63, 3.8) is 0 Å². The van der Waals surface area contributed by atoms with E-state index < -0.39 is 21.5 Å². The molecule has 0 saturated carbocycles. The van der Waals surface area contributed by atoms with Crippen molar-refractivity contribution in [2.45, 2.75) is 50.0 Å². The molecule has 0 bridgehead atoms. The average molecular weight is 489 g/mol. The largest absolute Gasteiger partial charge is 0.508 e. The molecular formula is C24H28N2O5S2. The number of nitrogens with one attached hydrogen (secondary N) is 1. The lowest BCUT2D eigenvalue weighted by atomic mass is 10.0. The van der Waals surface area contributed by atoms with Crippen LogP contribution in [0.25, 0.3) is 10.8 Å². The van der Waals surface area contributed by atoms with Gasteiger partial charge in [0.2, 0.25) is 0 Å². The van der Waals surface area contributed by atoms with Gasteiger partial charge >= 0.3 is 5.97 Å². The summed E-state index contributed by atoms with van der Waals surface area (Å²) in [7, 11) is -2.64. The molecule has 2 N–H and O–H groups in total. The summed E-state index contributed by atoms with van der Waals surface area (Å²) in [6.45, 7) is 6.90. The molecule has 1 aliphatic rings. The van der Waals surface area contributed by atoms with Crippen molar-refractivity contribution in [2.75, 3.05) is 13.7 Å². The van der Waals surface area contributed by atoms with Gasteiger partial charge in [0.15, 0.2) is 0 Å². The summed E-state index contributed by atoms with van der Waals surface area (Å²) >= 11 is 1.12. The van der Waals surface area contributed by atoms with Crippen molar-refractivity contribution in [3.8, 4) is 5.75 Å². The van der Waals surface area contributed by atoms with E-state index in [9.17, 15) is 18.3 Å². The number of methoxy groups -OCH3 is 1. The van der Waals surface area contributed by atoms with Crippen molar-refractivity contribution in [1.29, 1.82) is 0 Å². The molecule has 33 heavy (non-hydrogen) atoms. The Balaban J connectivity index is 1.70. The van der Waals surface area contributed by atoms with Gasteiger partial charge in [-0.15, -0.1) is 11.3 Å². The van der Waals surface area contributed by atoms with Gasteiger partial charge < -0.3 is 9.84 Å². The fraction of sp³-hybridized carbons (Fsp3) is 0.375. The molecule has 176 valence electrons. The standard InChI is InChI=1S/C24H28N2O5S2/c1-24(2,3)25-33(29,30)23-21(22(28)31-4)17-11-12-26(14-20(17)32-23)13-18-16-8-6-5-7-15(16)9-10-19(18)27/h5-10,25,27H,11-14H2,1-4H3. The SMILES string of the molecule is COC(=O)c1c(S(=O)(=O)NC(C)(C)C)sc2c1CCN(Cc1c(O)ccc3ccccc13)C2. The first-order valence-electron chi connectivity index (χ1n) is 10.7. The second kappa shape index (κ2) is 8.72. The van der Waals surface area contributed by atoms with E-state index in [1.54, 1.807) is 26.8 Å². The Hall–Kier alpha value is -2.46. The van der Waals surface area contributed by atoms with Gasteiger partial charge in [-0.25, -0.2) is 17.9 Å². The van der Waals surface area contributed by atoms with E-state index in [1.807, 2.05) is 30.3 Å². The maximum atomic E-state index is 13.1. The van der Waals surface area contributed by atoms with Crippen molar-refractivity contribution < 1.29 is 23.1 Å². The topological polar surface area (TPSA) is 95.9 Å². The number of aromatic hydroxyl groups is 1. The van der Waals surface area contributed by atoms with Crippen LogP contribution in [0.2, 0.25) is 0 Å². The van der Waals surface area contributed by atoms with Crippen molar-refractivity contribution in [1.82, 2.24) is 9.62 Å². The van der Waals surface area contributed by atoms with E-state index in [-0.39, 0.29) is 15.5 Å². The maximum Gasteiger partial charge on any atom is 0.340 e. The number of phenols is 1. The summed E-state index contributed by atoms with van der Waals surface area (Å²) in [4.78, 5) is 15.6. The Bertz CT molecular complexity index is 1320. The number of hydrogen-bond donors (Lipinski definition) is 2. The molecule has 0 aliphatic carbocycles. The molecule has 4 rings (SSSR count). The molecule has 0 spiro atoms. The first-order chi connectivity index (χ1) is 15.5. The fourth-order valence-corrected chi connectivity index (χ4v) is 7.57. The van der Waals surface area contributed by atoms with Crippen LogP contribution in [0, 0.1) is 0 Å². The molecule has 0 unspecified atom stereocenters. The van der Waals surface area contributed by atoms with Crippen LogP contribution < -0.4 is 4.72 Å². The lowest BCUT2D eigenvalue weighted by molar-refractivity contribution is 0.0595. The van der Waals surface area contributed by atoms with Gasteiger partial charge in [0.1, 0.15) is 9.96 Å². The van der Waals surface area contributed by atoms with Crippen molar-refractivity contribution in [2.24, 2.45) is 0 Å². The number of carbonyl (C=O) groups is 1. The Morgan fingerprint density at radius 3 is 2.64 bits per heavy atom. The van der Waals surface area contributed by atoms with Gasteiger partial charge in [-0.2, -0.15) is 0 Å². The number of ether oxygens (including phenoxy) is 1. The van der Waals surface area contributed by atoms with Crippen LogP contribution in [-0.4, -0.2) is 43.6 Å². The third-order valence-electron chi connectivity index (χ3n) is 5.58. The predicted molar refractivity (Wildman–Crippen MR) is 129 cm³/mol. The third-order valence-corrected chi connectivity index (χ3v) is 9.07. The van der Waals surface area contributed by atoms with Crippen LogP contribution in [0.15, 0.2) is 40.6 Å². The molecule has 0 atom stereocenters. The first kappa shape index (κ1) is 23.7. The van der Waals surface area contributed by atoms with E-state index in [0.29, 0.717) is 26.1 Å². The highest BCUT2D eigenvalue weighted by molar-refractivity contribution is 7.91. The van der Waals surface area contributed by atoms with Gasteiger partial charge in [0.05, 0.1) is 12.7 Å². The number of thiophene rings is 1. The van der Waals surface area contributed by atoms with Gasteiger partial charge in [-0.05, 0) is 49.6 Å². The van der Waals surface area contributed by atoms with Crippen LogP contribution in [-0.2, 0) is 34.3 Å². The second-order valence-electron chi connectivity index (χ2n) is 9.26. The highest BCUT2D eigenvalue weighted by Gasteiger charge is 2.35. The van der Waals surface area contributed by atoms with E-state index in [1.165, 1.54) is 7.11 Å². The molecule has 1 aromatic heterocycles. The Morgan fingerprint density at radius 2 is 1.94 bits per heavy atom. The molecule has 3 aromatic rings. The minimum Gasteiger partial charge on any atom is -0.508 e. The first-order valence-corrected chi connectivity index (χ1v) is 13.0. The number of phenolic OH excluding ortho intramolecular Hbond substituents is 1. The highest BCUT2D eigenvalue weighted by atomic mass is 32.2. The lowest BCUT2D eigenvalue weighted by Gasteiger charge is -2.27. The summed E-state index contributed by atoms with van der Waals surface area (Å²) in [6.07, 6.45) is 0.521. The molecule has 1 aliphatic heterocycles.